The molecule has 1 aromatic heterocycles. The summed E-state index contributed by atoms with van der Waals surface area (Å²) < 4.78 is 0. The van der Waals surface area contributed by atoms with Crippen molar-refractivity contribution in [2.75, 3.05) is 6.54 Å². The van der Waals surface area contributed by atoms with Crippen molar-refractivity contribution in [3.8, 4) is 0 Å². The fraction of sp³-hybridized carbons (Fsp3) is 0.200. The SMILES string of the molecule is NCCc1cccc(Cl)c1Sc1ncn[nH]1. The van der Waals surface area contributed by atoms with E-state index < -0.39 is 0 Å². The number of hydrogen-bond donors (Lipinski definition) is 2. The van der Waals surface area contributed by atoms with Gasteiger partial charge in [0.1, 0.15) is 6.33 Å². The van der Waals surface area contributed by atoms with Gasteiger partial charge in [-0.1, -0.05) is 23.7 Å². The normalized spacial score (nSPS) is 10.6. The largest absolute Gasteiger partial charge is 0.330 e. The Bertz CT molecular complexity index is 458. The number of H-pyrrole nitrogens is 1. The predicted molar refractivity (Wildman–Crippen MR) is 64.7 cm³/mol. The Labute approximate surface area is 103 Å². The minimum atomic E-state index is 0.601. The first-order chi connectivity index (χ1) is 7.81. The molecule has 0 saturated heterocycles. The van der Waals surface area contributed by atoms with E-state index in [1.807, 2.05) is 18.2 Å². The van der Waals surface area contributed by atoms with Crippen LogP contribution in [0.15, 0.2) is 34.6 Å². The molecule has 0 aliphatic carbocycles. The molecule has 0 aliphatic heterocycles. The predicted octanol–water partition coefficient (Wildman–Crippen LogP) is 2.11. The summed E-state index contributed by atoms with van der Waals surface area (Å²) in [7, 11) is 0. The lowest BCUT2D eigenvalue weighted by atomic mass is 10.1. The summed E-state index contributed by atoms with van der Waals surface area (Å²) in [6, 6.07) is 5.81. The van der Waals surface area contributed by atoms with Gasteiger partial charge in [0.2, 0.25) is 0 Å². The molecule has 84 valence electrons. The Kier molecular flexibility index (Phi) is 3.82. The van der Waals surface area contributed by atoms with Crippen LogP contribution >= 0.6 is 23.4 Å². The zero-order valence-electron chi connectivity index (χ0n) is 8.48. The summed E-state index contributed by atoms with van der Waals surface area (Å²) in [5.41, 5.74) is 6.70. The highest BCUT2D eigenvalue weighted by Gasteiger charge is 2.09. The van der Waals surface area contributed by atoms with Crippen LogP contribution < -0.4 is 5.73 Å². The van der Waals surface area contributed by atoms with Gasteiger partial charge in [-0.3, -0.25) is 5.10 Å². The lowest BCUT2D eigenvalue weighted by Crippen LogP contribution is -2.03. The molecule has 0 amide bonds. The van der Waals surface area contributed by atoms with Gasteiger partial charge < -0.3 is 5.73 Å². The topological polar surface area (TPSA) is 67.6 Å². The Hall–Kier alpha value is -1.04. The molecule has 0 bridgehead atoms. The van der Waals surface area contributed by atoms with Crippen LogP contribution in [-0.2, 0) is 6.42 Å². The van der Waals surface area contributed by atoms with E-state index >= 15 is 0 Å². The number of nitrogens with zero attached hydrogens (tertiary/aromatic N) is 2. The fourth-order valence-electron chi connectivity index (χ4n) is 1.36. The zero-order valence-corrected chi connectivity index (χ0v) is 10.1. The quantitative estimate of drug-likeness (QED) is 0.877. The van der Waals surface area contributed by atoms with Gasteiger partial charge >= 0.3 is 0 Å². The van der Waals surface area contributed by atoms with E-state index in [-0.39, 0.29) is 0 Å². The van der Waals surface area contributed by atoms with E-state index in [0.29, 0.717) is 11.6 Å². The zero-order chi connectivity index (χ0) is 11.4. The molecule has 3 N–H and O–H groups in total. The number of aromatic nitrogens is 3. The summed E-state index contributed by atoms with van der Waals surface area (Å²) in [5.74, 6) is 0. The van der Waals surface area contributed by atoms with Crippen molar-refractivity contribution in [2.24, 2.45) is 5.73 Å². The van der Waals surface area contributed by atoms with Gasteiger partial charge in [-0.15, -0.1) is 0 Å². The molecular formula is C10H11ClN4S. The average molecular weight is 255 g/mol. The third-order valence-corrected chi connectivity index (χ3v) is 3.56. The number of rotatable bonds is 4. The van der Waals surface area contributed by atoms with Gasteiger partial charge in [-0.05, 0) is 36.4 Å². The van der Waals surface area contributed by atoms with Crippen molar-refractivity contribution in [2.45, 2.75) is 16.5 Å². The van der Waals surface area contributed by atoms with Gasteiger partial charge in [0.25, 0.3) is 0 Å². The molecule has 0 unspecified atom stereocenters. The Morgan fingerprint density at radius 2 is 2.31 bits per heavy atom. The molecule has 0 atom stereocenters. The second kappa shape index (κ2) is 5.34. The molecule has 0 fully saturated rings. The third-order valence-electron chi connectivity index (χ3n) is 2.05. The van der Waals surface area contributed by atoms with Gasteiger partial charge in [-0.25, -0.2) is 4.98 Å². The van der Waals surface area contributed by atoms with E-state index in [9.17, 15) is 0 Å². The van der Waals surface area contributed by atoms with Crippen LogP contribution in [0, 0.1) is 0 Å². The first kappa shape index (κ1) is 11.4. The smallest absolute Gasteiger partial charge is 0.188 e. The van der Waals surface area contributed by atoms with Crippen LogP contribution in [0.1, 0.15) is 5.56 Å². The lowest BCUT2D eigenvalue weighted by Gasteiger charge is -2.08. The fourth-order valence-corrected chi connectivity index (χ4v) is 2.53. The molecule has 6 heteroatoms. The molecule has 0 saturated carbocycles. The molecule has 0 radical (unpaired) electrons. The number of benzene rings is 1. The van der Waals surface area contributed by atoms with E-state index in [0.717, 1.165) is 22.0 Å². The number of halogens is 1. The third kappa shape index (κ3) is 2.55. The van der Waals surface area contributed by atoms with Crippen molar-refractivity contribution >= 4 is 23.4 Å². The molecule has 1 aromatic carbocycles. The first-order valence-electron chi connectivity index (χ1n) is 4.82. The van der Waals surface area contributed by atoms with Crippen molar-refractivity contribution in [3.63, 3.8) is 0 Å². The Balaban J connectivity index is 2.30. The number of nitrogens with two attached hydrogens (primary N) is 1. The van der Waals surface area contributed by atoms with Crippen molar-refractivity contribution in [1.82, 2.24) is 15.2 Å². The van der Waals surface area contributed by atoms with E-state index in [2.05, 4.69) is 15.2 Å². The van der Waals surface area contributed by atoms with Gasteiger partial charge in [-0.2, -0.15) is 5.10 Å². The highest BCUT2D eigenvalue weighted by Crippen LogP contribution is 2.34. The maximum absolute atomic E-state index is 6.16. The summed E-state index contributed by atoms with van der Waals surface area (Å²) in [6.07, 6.45) is 2.28. The molecule has 16 heavy (non-hydrogen) atoms. The number of aromatic amines is 1. The first-order valence-corrected chi connectivity index (χ1v) is 6.01. The molecule has 2 rings (SSSR count). The van der Waals surface area contributed by atoms with E-state index in [4.69, 9.17) is 17.3 Å². The second-order valence-corrected chi connectivity index (χ2v) is 4.57. The maximum Gasteiger partial charge on any atom is 0.188 e. The van der Waals surface area contributed by atoms with Crippen molar-refractivity contribution in [1.29, 1.82) is 0 Å². The highest BCUT2D eigenvalue weighted by molar-refractivity contribution is 7.99. The molecule has 0 aliphatic rings. The molecule has 4 nitrogen and oxygen atoms in total. The van der Waals surface area contributed by atoms with Crippen LogP contribution in [-0.4, -0.2) is 21.7 Å². The Morgan fingerprint density at radius 3 is 3.00 bits per heavy atom. The van der Waals surface area contributed by atoms with E-state index in [1.54, 1.807) is 0 Å². The van der Waals surface area contributed by atoms with Crippen molar-refractivity contribution in [3.05, 3.63) is 35.1 Å². The van der Waals surface area contributed by atoms with Crippen LogP contribution in [0.4, 0.5) is 0 Å². The minimum Gasteiger partial charge on any atom is -0.330 e. The maximum atomic E-state index is 6.16. The second-order valence-electron chi connectivity index (χ2n) is 3.16. The van der Waals surface area contributed by atoms with Crippen LogP contribution in [0.3, 0.4) is 0 Å². The van der Waals surface area contributed by atoms with Gasteiger partial charge in [0.05, 0.1) is 5.02 Å². The molecule has 1 heterocycles. The summed E-state index contributed by atoms with van der Waals surface area (Å²) in [4.78, 5) is 5.05. The molecular weight excluding hydrogens is 244 g/mol. The highest BCUT2D eigenvalue weighted by atomic mass is 35.5. The monoisotopic (exact) mass is 254 g/mol. The summed E-state index contributed by atoms with van der Waals surface area (Å²) in [5, 5.41) is 8.04. The number of nitrogens with one attached hydrogen (secondary N) is 1. The number of hydrogen-bond acceptors (Lipinski definition) is 4. The van der Waals surface area contributed by atoms with Crippen LogP contribution in [0.5, 0.6) is 0 Å². The summed E-state index contributed by atoms with van der Waals surface area (Å²) in [6.45, 7) is 0.601. The summed E-state index contributed by atoms with van der Waals surface area (Å²) >= 11 is 7.63. The van der Waals surface area contributed by atoms with Crippen LogP contribution in [0.25, 0.3) is 0 Å². The van der Waals surface area contributed by atoms with Crippen LogP contribution in [0.2, 0.25) is 5.02 Å². The van der Waals surface area contributed by atoms with Crippen molar-refractivity contribution < 1.29 is 0 Å². The van der Waals surface area contributed by atoms with Gasteiger partial charge in [0.15, 0.2) is 5.16 Å². The Morgan fingerprint density at radius 1 is 1.44 bits per heavy atom. The average Bonchev–Trinajstić information content (AvgIpc) is 2.76. The van der Waals surface area contributed by atoms with E-state index in [1.165, 1.54) is 18.1 Å². The lowest BCUT2D eigenvalue weighted by molar-refractivity contribution is 0.937. The minimum absolute atomic E-state index is 0.601. The molecule has 0 spiro atoms. The standard InChI is InChI=1S/C10H11ClN4S/c11-8-3-1-2-7(4-5-12)9(8)16-10-13-6-14-15-10/h1-3,6H,4-5,12H2,(H,13,14,15). The van der Waals surface area contributed by atoms with Gasteiger partial charge in [0, 0.05) is 4.90 Å². The molecule has 2 aromatic rings.